The Morgan fingerprint density at radius 1 is 1.08 bits per heavy atom. The van der Waals surface area contributed by atoms with Crippen LogP contribution >= 0.6 is 0 Å². The number of amides is 1. The van der Waals surface area contributed by atoms with Gasteiger partial charge in [-0.2, -0.15) is 5.48 Å². The van der Waals surface area contributed by atoms with Gasteiger partial charge in [0.05, 0.1) is 0 Å². The number of hydroxylamine groups is 1. The molecule has 132 valence electrons. The fraction of sp³-hybridized carbons (Fsp3) is 0.471. The van der Waals surface area contributed by atoms with Crippen LogP contribution in [0.2, 0.25) is 0 Å². The molecular formula is C17H24N2O5. The Morgan fingerprint density at radius 3 is 2.29 bits per heavy atom. The molecule has 0 heterocycles. The van der Waals surface area contributed by atoms with Crippen molar-refractivity contribution < 1.29 is 24.0 Å². The first-order chi connectivity index (χ1) is 11.5. The third kappa shape index (κ3) is 7.23. The van der Waals surface area contributed by atoms with E-state index in [1.54, 1.807) is 0 Å². The highest BCUT2D eigenvalue weighted by Crippen LogP contribution is 2.17. The minimum absolute atomic E-state index is 0.532. The second-order valence-electron chi connectivity index (χ2n) is 5.23. The third-order valence-electron chi connectivity index (χ3n) is 3.12. The second-order valence-corrected chi connectivity index (χ2v) is 5.23. The maximum Gasteiger partial charge on any atom is 0.343 e. The number of carbonyl (C=O) groups excluding carboxylic acids is 3. The molecule has 1 unspecified atom stereocenters. The Balaban J connectivity index is 2.65. The van der Waals surface area contributed by atoms with Crippen LogP contribution in [0.5, 0.6) is 0 Å². The summed E-state index contributed by atoms with van der Waals surface area (Å²) in [6, 6.07) is 7.70. The summed E-state index contributed by atoms with van der Waals surface area (Å²) in [6.45, 7) is 5.90. The molecule has 24 heavy (non-hydrogen) atoms. The number of carbonyl (C=O) groups is 3. The van der Waals surface area contributed by atoms with Gasteiger partial charge in [0.25, 0.3) is 0 Å². The lowest BCUT2D eigenvalue weighted by Crippen LogP contribution is -2.30. The number of benzene rings is 1. The standard InChI is InChI=1S/C17H24N2O5/c1-4-10-18-17(14-8-6-13(5-2)7-9-14)23-15(21)11-16(22)24-19-12(3)20/h6-9,17-18H,4-5,10-11H2,1-3H3,(H,19,20). The molecule has 1 atom stereocenters. The summed E-state index contributed by atoms with van der Waals surface area (Å²) in [4.78, 5) is 38.4. The van der Waals surface area contributed by atoms with Gasteiger partial charge in [0.15, 0.2) is 6.23 Å². The van der Waals surface area contributed by atoms with Crippen LogP contribution in [0.3, 0.4) is 0 Å². The van der Waals surface area contributed by atoms with Crippen molar-refractivity contribution in [3.05, 3.63) is 35.4 Å². The fourth-order valence-electron chi connectivity index (χ4n) is 1.89. The predicted molar refractivity (Wildman–Crippen MR) is 87.5 cm³/mol. The average Bonchev–Trinajstić information content (AvgIpc) is 2.56. The first-order valence-corrected chi connectivity index (χ1v) is 7.94. The fourth-order valence-corrected chi connectivity index (χ4v) is 1.89. The SMILES string of the molecule is CCCNC(OC(=O)CC(=O)ONC(C)=O)c1ccc(CC)cc1. The van der Waals surface area contributed by atoms with Crippen LogP contribution in [0, 0.1) is 0 Å². The molecule has 0 spiro atoms. The number of aryl methyl sites for hydroxylation is 1. The Kier molecular flexibility index (Phi) is 8.49. The van der Waals surface area contributed by atoms with E-state index in [0.29, 0.717) is 6.54 Å². The summed E-state index contributed by atoms with van der Waals surface area (Å²) in [5, 5.41) is 3.11. The Labute approximate surface area is 141 Å². The first-order valence-electron chi connectivity index (χ1n) is 7.94. The van der Waals surface area contributed by atoms with Crippen molar-refractivity contribution in [2.45, 2.75) is 46.3 Å². The van der Waals surface area contributed by atoms with Crippen molar-refractivity contribution in [2.75, 3.05) is 6.54 Å². The van der Waals surface area contributed by atoms with Gasteiger partial charge >= 0.3 is 11.9 Å². The minimum Gasteiger partial charge on any atom is -0.442 e. The molecule has 0 aliphatic carbocycles. The summed E-state index contributed by atoms with van der Waals surface area (Å²) >= 11 is 0. The zero-order valence-corrected chi connectivity index (χ0v) is 14.3. The van der Waals surface area contributed by atoms with Crippen LogP contribution in [0.1, 0.15) is 51.0 Å². The Bertz CT molecular complexity index is 557. The quantitative estimate of drug-likeness (QED) is 0.325. The van der Waals surface area contributed by atoms with Crippen molar-refractivity contribution in [3.8, 4) is 0 Å². The van der Waals surface area contributed by atoms with Crippen LogP contribution in [0.25, 0.3) is 0 Å². The minimum atomic E-state index is -0.884. The van der Waals surface area contributed by atoms with Gasteiger partial charge < -0.3 is 9.57 Å². The molecule has 0 aliphatic rings. The van der Waals surface area contributed by atoms with Crippen molar-refractivity contribution in [1.82, 2.24) is 10.8 Å². The van der Waals surface area contributed by atoms with E-state index in [1.165, 1.54) is 12.5 Å². The first kappa shape index (κ1) is 19.6. The van der Waals surface area contributed by atoms with E-state index in [-0.39, 0.29) is 0 Å². The van der Waals surface area contributed by atoms with E-state index in [2.05, 4.69) is 17.1 Å². The van der Waals surface area contributed by atoms with E-state index < -0.39 is 30.5 Å². The second kappa shape index (κ2) is 10.4. The lowest BCUT2D eigenvalue weighted by Gasteiger charge is -2.19. The maximum atomic E-state index is 11.9. The molecule has 1 aromatic rings. The number of rotatable bonds is 8. The zero-order valence-electron chi connectivity index (χ0n) is 14.3. The van der Waals surface area contributed by atoms with Crippen LogP contribution < -0.4 is 10.8 Å². The van der Waals surface area contributed by atoms with E-state index in [0.717, 1.165) is 18.4 Å². The van der Waals surface area contributed by atoms with Crippen molar-refractivity contribution in [3.63, 3.8) is 0 Å². The molecule has 0 radical (unpaired) electrons. The van der Waals surface area contributed by atoms with Crippen LogP contribution in [-0.4, -0.2) is 24.4 Å². The topological polar surface area (TPSA) is 93.7 Å². The molecular weight excluding hydrogens is 312 g/mol. The molecule has 7 nitrogen and oxygen atoms in total. The highest BCUT2D eigenvalue weighted by Gasteiger charge is 2.19. The van der Waals surface area contributed by atoms with Crippen LogP contribution in [0.15, 0.2) is 24.3 Å². The summed E-state index contributed by atoms with van der Waals surface area (Å²) in [7, 11) is 0. The molecule has 1 amide bonds. The number of ether oxygens (including phenoxy) is 1. The molecule has 1 aromatic carbocycles. The largest absolute Gasteiger partial charge is 0.442 e. The van der Waals surface area contributed by atoms with E-state index >= 15 is 0 Å². The zero-order chi connectivity index (χ0) is 17.9. The monoisotopic (exact) mass is 336 g/mol. The lowest BCUT2D eigenvalue weighted by atomic mass is 10.1. The highest BCUT2D eigenvalue weighted by molar-refractivity contribution is 5.91. The number of hydrogen-bond acceptors (Lipinski definition) is 6. The molecule has 2 N–H and O–H groups in total. The number of hydrogen-bond donors (Lipinski definition) is 2. The summed E-state index contributed by atoms with van der Waals surface area (Å²) < 4.78 is 5.33. The van der Waals surface area contributed by atoms with E-state index in [1.807, 2.05) is 36.7 Å². The predicted octanol–water partition coefficient (Wildman–Crippen LogP) is 1.77. The van der Waals surface area contributed by atoms with Gasteiger partial charge in [-0.15, -0.1) is 0 Å². The van der Waals surface area contributed by atoms with Gasteiger partial charge in [0, 0.05) is 12.5 Å². The van der Waals surface area contributed by atoms with Crippen LogP contribution in [-0.2, 0) is 30.4 Å². The van der Waals surface area contributed by atoms with Gasteiger partial charge in [0.2, 0.25) is 5.91 Å². The molecule has 0 fully saturated rings. The molecule has 0 saturated carbocycles. The Morgan fingerprint density at radius 2 is 1.75 bits per heavy atom. The molecule has 0 bridgehead atoms. The van der Waals surface area contributed by atoms with Crippen molar-refractivity contribution in [2.24, 2.45) is 0 Å². The smallest absolute Gasteiger partial charge is 0.343 e. The van der Waals surface area contributed by atoms with Gasteiger partial charge in [-0.25, -0.2) is 4.79 Å². The molecule has 1 rings (SSSR count). The van der Waals surface area contributed by atoms with Crippen molar-refractivity contribution in [1.29, 1.82) is 0 Å². The van der Waals surface area contributed by atoms with E-state index in [4.69, 9.17) is 4.74 Å². The Hall–Kier alpha value is -2.41. The van der Waals surface area contributed by atoms with Gasteiger partial charge in [-0.1, -0.05) is 38.1 Å². The third-order valence-corrected chi connectivity index (χ3v) is 3.12. The molecule has 0 aliphatic heterocycles. The highest BCUT2D eigenvalue weighted by atomic mass is 16.7. The van der Waals surface area contributed by atoms with Gasteiger partial charge in [-0.3, -0.25) is 14.9 Å². The number of nitrogens with one attached hydrogen (secondary N) is 2. The molecule has 0 saturated heterocycles. The summed E-state index contributed by atoms with van der Waals surface area (Å²) in [5.41, 5.74) is 3.85. The maximum absolute atomic E-state index is 11.9. The summed E-state index contributed by atoms with van der Waals surface area (Å²) in [5.74, 6) is -2.15. The van der Waals surface area contributed by atoms with Crippen molar-refractivity contribution >= 4 is 17.8 Å². The summed E-state index contributed by atoms with van der Waals surface area (Å²) in [6.07, 6.45) is 0.558. The lowest BCUT2D eigenvalue weighted by molar-refractivity contribution is -0.165. The van der Waals surface area contributed by atoms with Crippen LogP contribution in [0.4, 0.5) is 0 Å². The van der Waals surface area contributed by atoms with E-state index in [9.17, 15) is 14.4 Å². The van der Waals surface area contributed by atoms with Gasteiger partial charge in [0.1, 0.15) is 6.42 Å². The normalized spacial score (nSPS) is 11.5. The molecule has 7 heteroatoms. The molecule has 0 aromatic heterocycles. The number of esters is 1. The average molecular weight is 336 g/mol. The van der Waals surface area contributed by atoms with Gasteiger partial charge in [-0.05, 0) is 24.9 Å².